The molecule has 1 heterocycles. The predicted molar refractivity (Wildman–Crippen MR) is 48.2 cm³/mol. The number of aromatic hydroxyl groups is 1. The van der Waals surface area contributed by atoms with E-state index in [4.69, 9.17) is 0 Å². The first-order chi connectivity index (χ1) is 5.79. The highest BCUT2D eigenvalue weighted by Gasteiger charge is 2.06. The van der Waals surface area contributed by atoms with E-state index in [0.29, 0.717) is 5.75 Å². The Kier molecular flexibility index (Phi) is 3.14. The minimum atomic E-state index is 0.338. The zero-order valence-corrected chi connectivity index (χ0v) is 7.75. The first-order valence-electron chi connectivity index (χ1n) is 4.53. The molecule has 0 aromatic carbocycles. The summed E-state index contributed by atoms with van der Waals surface area (Å²) in [7, 11) is 0. The van der Waals surface area contributed by atoms with Gasteiger partial charge in [-0.2, -0.15) is 5.10 Å². The highest BCUT2D eigenvalue weighted by atomic mass is 16.3. The van der Waals surface area contributed by atoms with Crippen molar-refractivity contribution in [1.29, 1.82) is 0 Å². The van der Waals surface area contributed by atoms with Gasteiger partial charge in [0.25, 0.3) is 0 Å². The van der Waals surface area contributed by atoms with Gasteiger partial charge in [-0.15, -0.1) is 0 Å². The minimum absolute atomic E-state index is 0.338. The van der Waals surface area contributed by atoms with Crippen molar-refractivity contribution in [3.8, 4) is 5.75 Å². The van der Waals surface area contributed by atoms with Crippen LogP contribution in [0, 0.1) is 0 Å². The second-order valence-corrected chi connectivity index (χ2v) is 2.95. The van der Waals surface area contributed by atoms with Crippen molar-refractivity contribution in [2.75, 3.05) is 0 Å². The molecule has 0 aliphatic heterocycles. The van der Waals surface area contributed by atoms with Gasteiger partial charge < -0.3 is 5.11 Å². The highest BCUT2D eigenvalue weighted by Crippen LogP contribution is 2.17. The van der Waals surface area contributed by atoms with Crippen LogP contribution in [0.15, 0.2) is 6.20 Å². The predicted octanol–water partition coefficient (Wildman–Crippen LogP) is 1.95. The summed E-state index contributed by atoms with van der Waals surface area (Å²) in [6.45, 7) is 5.10. The Labute approximate surface area is 73.0 Å². The van der Waals surface area contributed by atoms with Crippen LogP contribution in [-0.4, -0.2) is 14.9 Å². The summed E-state index contributed by atoms with van der Waals surface area (Å²) in [6.07, 6.45) is 4.54. The van der Waals surface area contributed by atoms with E-state index in [1.807, 2.05) is 4.68 Å². The highest BCUT2D eigenvalue weighted by molar-refractivity contribution is 5.23. The summed E-state index contributed by atoms with van der Waals surface area (Å²) < 4.78 is 1.89. The van der Waals surface area contributed by atoms with Crippen LogP contribution in [0.25, 0.3) is 0 Å². The summed E-state index contributed by atoms with van der Waals surface area (Å²) in [5.41, 5.74) is 0.972. The standard InChI is InChI=1S/C9H16N2O/c1-3-5-8-9(12)7-10-11(8)6-4-2/h7,12H,3-6H2,1-2H3. The number of hydrogen-bond acceptors (Lipinski definition) is 2. The molecule has 1 rings (SSSR count). The topological polar surface area (TPSA) is 38.1 Å². The van der Waals surface area contributed by atoms with Gasteiger partial charge in [-0.3, -0.25) is 4.68 Å². The van der Waals surface area contributed by atoms with Gasteiger partial charge in [0.05, 0.1) is 11.9 Å². The van der Waals surface area contributed by atoms with E-state index >= 15 is 0 Å². The summed E-state index contributed by atoms with van der Waals surface area (Å²) in [5, 5.41) is 13.5. The van der Waals surface area contributed by atoms with Crippen LogP contribution in [0.5, 0.6) is 5.75 Å². The van der Waals surface area contributed by atoms with Gasteiger partial charge in [-0.05, 0) is 12.8 Å². The van der Waals surface area contributed by atoms with Crippen LogP contribution in [-0.2, 0) is 13.0 Å². The molecule has 0 amide bonds. The maximum atomic E-state index is 9.41. The molecule has 3 heteroatoms. The molecule has 0 saturated carbocycles. The van der Waals surface area contributed by atoms with Crippen molar-refractivity contribution in [2.45, 2.75) is 39.7 Å². The third-order valence-electron chi connectivity index (χ3n) is 1.85. The van der Waals surface area contributed by atoms with Gasteiger partial charge in [-0.1, -0.05) is 20.3 Å². The van der Waals surface area contributed by atoms with Crippen molar-refractivity contribution in [3.63, 3.8) is 0 Å². The molecule has 0 atom stereocenters. The van der Waals surface area contributed by atoms with Gasteiger partial charge in [0, 0.05) is 6.54 Å². The lowest BCUT2D eigenvalue weighted by atomic mass is 10.2. The second kappa shape index (κ2) is 4.14. The molecule has 1 N–H and O–H groups in total. The Morgan fingerprint density at radius 1 is 1.42 bits per heavy atom. The molecule has 0 aliphatic rings. The van der Waals surface area contributed by atoms with Crippen molar-refractivity contribution in [1.82, 2.24) is 9.78 Å². The van der Waals surface area contributed by atoms with Gasteiger partial charge in [0.15, 0.2) is 5.75 Å². The molecule has 0 saturated heterocycles. The summed E-state index contributed by atoms with van der Waals surface area (Å²) in [6, 6.07) is 0. The maximum Gasteiger partial charge on any atom is 0.156 e. The van der Waals surface area contributed by atoms with E-state index in [0.717, 1.165) is 31.5 Å². The number of aromatic nitrogens is 2. The third-order valence-corrected chi connectivity index (χ3v) is 1.85. The van der Waals surface area contributed by atoms with Crippen molar-refractivity contribution < 1.29 is 5.11 Å². The fourth-order valence-electron chi connectivity index (χ4n) is 1.30. The third kappa shape index (κ3) is 1.78. The monoisotopic (exact) mass is 168 g/mol. The smallest absolute Gasteiger partial charge is 0.156 e. The van der Waals surface area contributed by atoms with Gasteiger partial charge in [0.2, 0.25) is 0 Å². The summed E-state index contributed by atoms with van der Waals surface area (Å²) in [5.74, 6) is 0.338. The lowest BCUT2D eigenvalue weighted by Gasteiger charge is -2.04. The second-order valence-electron chi connectivity index (χ2n) is 2.95. The Balaban J connectivity index is 2.80. The zero-order valence-electron chi connectivity index (χ0n) is 7.75. The van der Waals surface area contributed by atoms with Gasteiger partial charge >= 0.3 is 0 Å². The van der Waals surface area contributed by atoms with Crippen LogP contribution in [0.4, 0.5) is 0 Å². The molecule has 0 bridgehead atoms. The summed E-state index contributed by atoms with van der Waals surface area (Å²) in [4.78, 5) is 0. The van der Waals surface area contributed by atoms with Crippen LogP contribution in [0.1, 0.15) is 32.4 Å². The number of hydrogen-bond donors (Lipinski definition) is 1. The molecular weight excluding hydrogens is 152 g/mol. The van der Waals surface area contributed by atoms with E-state index < -0.39 is 0 Å². The molecule has 3 nitrogen and oxygen atoms in total. The van der Waals surface area contributed by atoms with Gasteiger partial charge in [-0.25, -0.2) is 0 Å². The lowest BCUT2D eigenvalue weighted by molar-refractivity contribution is 0.461. The number of rotatable bonds is 4. The molecule has 1 aromatic heterocycles. The first kappa shape index (κ1) is 9.10. The van der Waals surface area contributed by atoms with Gasteiger partial charge in [0.1, 0.15) is 0 Å². The largest absolute Gasteiger partial charge is 0.504 e. The average molecular weight is 168 g/mol. The van der Waals surface area contributed by atoms with E-state index in [2.05, 4.69) is 18.9 Å². The maximum absolute atomic E-state index is 9.41. The normalized spacial score (nSPS) is 10.5. The molecule has 1 aromatic rings. The zero-order chi connectivity index (χ0) is 8.97. The van der Waals surface area contributed by atoms with Crippen molar-refractivity contribution >= 4 is 0 Å². The fraction of sp³-hybridized carbons (Fsp3) is 0.667. The quantitative estimate of drug-likeness (QED) is 0.746. The Bertz CT molecular complexity index is 243. The van der Waals surface area contributed by atoms with Crippen LogP contribution in [0.2, 0.25) is 0 Å². The number of aryl methyl sites for hydroxylation is 1. The van der Waals surface area contributed by atoms with E-state index in [-0.39, 0.29) is 0 Å². The van der Waals surface area contributed by atoms with Crippen molar-refractivity contribution in [3.05, 3.63) is 11.9 Å². The van der Waals surface area contributed by atoms with Crippen LogP contribution in [0.3, 0.4) is 0 Å². The SMILES string of the molecule is CCCc1c(O)cnn1CCC. The Hall–Kier alpha value is -0.990. The number of nitrogens with zero attached hydrogens (tertiary/aromatic N) is 2. The molecule has 0 unspecified atom stereocenters. The first-order valence-corrected chi connectivity index (χ1v) is 4.53. The Morgan fingerprint density at radius 3 is 2.75 bits per heavy atom. The van der Waals surface area contributed by atoms with Crippen LogP contribution < -0.4 is 0 Å². The van der Waals surface area contributed by atoms with Crippen LogP contribution >= 0.6 is 0 Å². The molecule has 12 heavy (non-hydrogen) atoms. The molecule has 0 fully saturated rings. The molecule has 0 radical (unpaired) electrons. The molecular formula is C9H16N2O. The molecule has 0 spiro atoms. The van der Waals surface area contributed by atoms with E-state index in [9.17, 15) is 5.11 Å². The minimum Gasteiger partial charge on any atom is -0.504 e. The molecule has 68 valence electrons. The van der Waals surface area contributed by atoms with E-state index in [1.54, 1.807) is 0 Å². The summed E-state index contributed by atoms with van der Waals surface area (Å²) >= 11 is 0. The Morgan fingerprint density at radius 2 is 2.17 bits per heavy atom. The van der Waals surface area contributed by atoms with Crippen molar-refractivity contribution in [2.24, 2.45) is 0 Å². The fourth-order valence-corrected chi connectivity index (χ4v) is 1.30. The van der Waals surface area contributed by atoms with E-state index in [1.165, 1.54) is 6.20 Å². The molecule has 0 aliphatic carbocycles. The average Bonchev–Trinajstić information content (AvgIpc) is 2.37. The lowest BCUT2D eigenvalue weighted by Crippen LogP contribution is -2.03.